The van der Waals surface area contributed by atoms with Crippen LogP contribution in [0.15, 0.2) is 18.3 Å². The average Bonchev–Trinajstić information content (AvgIpc) is 3.27. The minimum Gasteiger partial charge on any atom is -0.432 e. The van der Waals surface area contributed by atoms with E-state index < -0.39 is 6.61 Å². The van der Waals surface area contributed by atoms with Gasteiger partial charge >= 0.3 is 6.61 Å². The van der Waals surface area contributed by atoms with Crippen LogP contribution in [-0.4, -0.2) is 42.7 Å². The molecule has 0 amide bonds. The van der Waals surface area contributed by atoms with Crippen molar-refractivity contribution < 1.29 is 18.3 Å². The number of benzene rings is 1. The first-order valence-corrected chi connectivity index (χ1v) is 7.52. The van der Waals surface area contributed by atoms with Gasteiger partial charge in [-0.25, -0.2) is 0 Å². The smallest absolute Gasteiger partial charge is 0.387 e. The maximum Gasteiger partial charge on any atom is 0.387 e. The third-order valence-corrected chi connectivity index (χ3v) is 4.12. The number of rotatable bonds is 4. The van der Waals surface area contributed by atoms with Crippen LogP contribution < -0.4 is 9.64 Å². The van der Waals surface area contributed by atoms with Crippen molar-refractivity contribution >= 4 is 16.6 Å². The van der Waals surface area contributed by atoms with E-state index >= 15 is 0 Å². The van der Waals surface area contributed by atoms with Gasteiger partial charge in [0.25, 0.3) is 0 Å². The topological polar surface area (TPSA) is 39.5 Å². The Kier molecular flexibility index (Phi) is 3.37. The highest BCUT2D eigenvalue weighted by molar-refractivity contribution is 5.95. The molecule has 7 heteroatoms. The molecule has 1 aromatic carbocycles. The zero-order valence-corrected chi connectivity index (χ0v) is 12.0. The van der Waals surface area contributed by atoms with Crippen LogP contribution in [0.25, 0.3) is 10.9 Å². The van der Waals surface area contributed by atoms with Crippen molar-refractivity contribution in [3.05, 3.63) is 18.3 Å². The van der Waals surface area contributed by atoms with Gasteiger partial charge in [-0.15, -0.1) is 0 Å². The first-order chi connectivity index (χ1) is 10.7. The molecule has 0 N–H and O–H groups in total. The molecule has 2 aliphatic rings. The van der Waals surface area contributed by atoms with E-state index in [0.29, 0.717) is 24.8 Å². The number of alkyl halides is 2. The molecule has 1 saturated heterocycles. The summed E-state index contributed by atoms with van der Waals surface area (Å²) in [6, 6.07) is 3.82. The molecule has 0 radical (unpaired) electrons. The second kappa shape index (κ2) is 5.39. The van der Waals surface area contributed by atoms with E-state index in [9.17, 15) is 8.78 Å². The van der Waals surface area contributed by atoms with Crippen LogP contribution in [0.2, 0.25) is 0 Å². The number of anilines is 1. The summed E-state index contributed by atoms with van der Waals surface area (Å²) in [5.74, 6) is 0.140. The number of morpholine rings is 1. The fourth-order valence-corrected chi connectivity index (χ4v) is 2.88. The summed E-state index contributed by atoms with van der Waals surface area (Å²) in [7, 11) is 0. The number of fused-ring (bicyclic) bond motifs is 1. The quantitative estimate of drug-likeness (QED) is 0.870. The first-order valence-electron chi connectivity index (χ1n) is 7.52. The van der Waals surface area contributed by atoms with E-state index in [2.05, 4.69) is 14.7 Å². The molecule has 1 aliphatic carbocycles. The maximum atomic E-state index is 12.6. The highest BCUT2D eigenvalue weighted by Gasteiger charge is 2.27. The minimum absolute atomic E-state index is 0.140. The van der Waals surface area contributed by atoms with E-state index in [1.807, 2.05) is 16.9 Å². The summed E-state index contributed by atoms with van der Waals surface area (Å²) in [4.78, 5) is 2.21. The van der Waals surface area contributed by atoms with Crippen molar-refractivity contribution in [2.75, 3.05) is 31.2 Å². The molecule has 1 saturated carbocycles. The largest absolute Gasteiger partial charge is 0.432 e. The summed E-state index contributed by atoms with van der Waals surface area (Å²) >= 11 is 0. The van der Waals surface area contributed by atoms with Crippen LogP contribution in [0.4, 0.5) is 14.5 Å². The molecule has 118 valence electrons. The van der Waals surface area contributed by atoms with Gasteiger partial charge in [-0.2, -0.15) is 13.9 Å². The standard InChI is InChI=1S/C15H17F2N3O2/c16-15(17)22-13-4-3-12(19-5-7-21-8-6-19)11-9-20(10-1-2-10)18-14(11)13/h3-4,9-10,15H,1-2,5-8H2. The molecule has 0 atom stereocenters. The Morgan fingerprint density at radius 2 is 2.00 bits per heavy atom. The molecule has 1 aliphatic heterocycles. The Morgan fingerprint density at radius 1 is 1.23 bits per heavy atom. The number of nitrogens with zero attached hydrogens (tertiary/aromatic N) is 3. The Balaban J connectivity index is 1.79. The molecule has 0 unspecified atom stereocenters. The normalized spacial score (nSPS) is 19.1. The van der Waals surface area contributed by atoms with Crippen LogP contribution in [0, 0.1) is 0 Å². The van der Waals surface area contributed by atoms with E-state index in [1.54, 1.807) is 6.07 Å². The monoisotopic (exact) mass is 309 g/mol. The summed E-state index contributed by atoms with van der Waals surface area (Å²) < 4.78 is 37.1. The predicted molar refractivity (Wildman–Crippen MR) is 77.7 cm³/mol. The second-order valence-corrected chi connectivity index (χ2v) is 5.66. The number of hydrogen-bond acceptors (Lipinski definition) is 4. The van der Waals surface area contributed by atoms with E-state index in [1.165, 1.54) is 0 Å². The van der Waals surface area contributed by atoms with Crippen LogP contribution in [-0.2, 0) is 4.74 Å². The lowest BCUT2D eigenvalue weighted by molar-refractivity contribution is -0.0489. The van der Waals surface area contributed by atoms with Crippen molar-refractivity contribution in [1.29, 1.82) is 0 Å². The lowest BCUT2D eigenvalue weighted by atomic mass is 10.2. The van der Waals surface area contributed by atoms with Gasteiger partial charge in [-0.05, 0) is 25.0 Å². The lowest BCUT2D eigenvalue weighted by Crippen LogP contribution is -2.36. The molecule has 1 aromatic heterocycles. The van der Waals surface area contributed by atoms with Crippen LogP contribution in [0.1, 0.15) is 18.9 Å². The van der Waals surface area contributed by atoms with E-state index in [-0.39, 0.29) is 5.75 Å². The maximum absolute atomic E-state index is 12.6. The highest BCUT2D eigenvalue weighted by atomic mass is 19.3. The lowest BCUT2D eigenvalue weighted by Gasteiger charge is -2.29. The van der Waals surface area contributed by atoms with Gasteiger partial charge in [0.2, 0.25) is 0 Å². The third-order valence-electron chi connectivity index (χ3n) is 4.12. The molecular weight excluding hydrogens is 292 g/mol. The van der Waals surface area contributed by atoms with Gasteiger partial charge in [-0.3, -0.25) is 4.68 Å². The van der Waals surface area contributed by atoms with Gasteiger partial charge in [-0.1, -0.05) is 0 Å². The SMILES string of the molecule is FC(F)Oc1ccc(N2CCOCC2)c2cn(C3CC3)nc12. The van der Waals surface area contributed by atoms with Crippen molar-refractivity contribution in [1.82, 2.24) is 9.78 Å². The van der Waals surface area contributed by atoms with Gasteiger partial charge < -0.3 is 14.4 Å². The number of hydrogen-bond donors (Lipinski definition) is 0. The summed E-state index contributed by atoms with van der Waals surface area (Å²) in [5, 5.41) is 5.35. The van der Waals surface area contributed by atoms with Crippen molar-refractivity contribution in [3.8, 4) is 5.75 Å². The van der Waals surface area contributed by atoms with Crippen LogP contribution in [0.5, 0.6) is 5.75 Å². The molecule has 5 nitrogen and oxygen atoms in total. The minimum atomic E-state index is -2.84. The van der Waals surface area contributed by atoms with Crippen molar-refractivity contribution in [2.24, 2.45) is 0 Å². The third kappa shape index (κ3) is 2.49. The van der Waals surface area contributed by atoms with Gasteiger partial charge in [0.1, 0.15) is 5.52 Å². The molecule has 22 heavy (non-hydrogen) atoms. The summed E-state index contributed by atoms with van der Waals surface area (Å²) in [5.41, 5.74) is 1.52. The Morgan fingerprint density at radius 3 is 2.68 bits per heavy atom. The second-order valence-electron chi connectivity index (χ2n) is 5.66. The van der Waals surface area contributed by atoms with Gasteiger partial charge in [0, 0.05) is 30.4 Å². The molecular formula is C15H17F2N3O2. The molecule has 2 heterocycles. The molecule has 2 fully saturated rings. The Hall–Kier alpha value is -1.89. The molecule has 4 rings (SSSR count). The van der Waals surface area contributed by atoms with Crippen LogP contribution in [0.3, 0.4) is 0 Å². The zero-order chi connectivity index (χ0) is 15.1. The van der Waals surface area contributed by atoms with E-state index in [4.69, 9.17) is 4.74 Å². The zero-order valence-electron chi connectivity index (χ0n) is 12.0. The van der Waals surface area contributed by atoms with Gasteiger partial charge in [0.05, 0.1) is 19.3 Å². The number of aromatic nitrogens is 2. The fraction of sp³-hybridized carbons (Fsp3) is 0.533. The van der Waals surface area contributed by atoms with Crippen molar-refractivity contribution in [2.45, 2.75) is 25.5 Å². The number of ether oxygens (including phenoxy) is 2. The molecule has 2 aromatic rings. The molecule has 0 spiro atoms. The van der Waals surface area contributed by atoms with E-state index in [0.717, 1.165) is 37.0 Å². The summed E-state index contributed by atoms with van der Waals surface area (Å²) in [6.45, 7) is 0.0852. The highest BCUT2D eigenvalue weighted by Crippen LogP contribution is 2.39. The fourth-order valence-electron chi connectivity index (χ4n) is 2.88. The van der Waals surface area contributed by atoms with Crippen molar-refractivity contribution in [3.63, 3.8) is 0 Å². The predicted octanol–water partition coefficient (Wildman–Crippen LogP) is 2.81. The Bertz CT molecular complexity index is 679. The van der Waals surface area contributed by atoms with Gasteiger partial charge in [0.15, 0.2) is 5.75 Å². The summed E-state index contributed by atoms with van der Waals surface area (Å²) in [6.07, 6.45) is 4.13. The molecule has 0 bridgehead atoms. The van der Waals surface area contributed by atoms with Crippen LogP contribution >= 0.6 is 0 Å². The average molecular weight is 309 g/mol. The first kappa shape index (κ1) is 13.8. The number of halogens is 2. The Labute approximate surface area is 126 Å².